The molecule has 26 heavy (non-hydrogen) atoms. The van der Waals surface area contributed by atoms with Crippen molar-refractivity contribution in [3.63, 3.8) is 0 Å². The lowest BCUT2D eigenvalue weighted by Gasteiger charge is -2.21. The van der Waals surface area contributed by atoms with Gasteiger partial charge < -0.3 is 20.0 Å². The van der Waals surface area contributed by atoms with Gasteiger partial charge in [0.05, 0.1) is 18.1 Å². The topological polar surface area (TPSA) is 122 Å². The van der Waals surface area contributed by atoms with Crippen molar-refractivity contribution in [1.82, 2.24) is 5.32 Å². The number of aliphatic carboxylic acids is 1. The van der Waals surface area contributed by atoms with Crippen LogP contribution in [0.25, 0.3) is 0 Å². The van der Waals surface area contributed by atoms with Crippen LogP contribution in [0.1, 0.15) is 28.4 Å². The van der Waals surface area contributed by atoms with Gasteiger partial charge in [0.25, 0.3) is 11.6 Å². The van der Waals surface area contributed by atoms with Crippen LogP contribution in [0.5, 0.6) is 5.75 Å². The minimum atomic E-state index is -1.44. The van der Waals surface area contributed by atoms with Crippen LogP contribution in [0.2, 0.25) is 5.02 Å². The van der Waals surface area contributed by atoms with Crippen molar-refractivity contribution < 1.29 is 24.4 Å². The van der Waals surface area contributed by atoms with E-state index in [1.54, 1.807) is 12.1 Å². The Kier molecular flexibility index (Phi) is 6.13. The molecular weight excluding hydrogens is 364 g/mol. The molecule has 1 atom stereocenters. The van der Waals surface area contributed by atoms with Crippen LogP contribution < -0.4 is 15.2 Å². The number of rotatable bonds is 7. The van der Waals surface area contributed by atoms with Crippen LogP contribution in [0.4, 0.5) is 5.69 Å². The molecule has 2 rings (SSSR count). The highest BCUT2D eigenvalue weighted by Crippen LogP contribution is 2.29. The van der Waals surface area contributed by atoms with Gasteiger partial charge in [-0.25, -0.2) is 0 Å². The molecular formula is C17H14ClN2O6-. The Morgan fingerprint density at radius 2 is 2.00 bits per heavy atom. The predicted octanol–water partition coefficient (Wildman–Crippen LogP) is 1.87. The summed E-state index contributed by atoms with van der Waals surface area (Å²) in [6, 6.07) is 8.71. The van der Waals surface area contributed by atoms with Gasteiger partial charge in [0.1, 0.15) is 5.75 Å². The molecule has 1 N–H and O–H groups in total. The maximum Gasteiger partial charge on any atom is 0.269 e. The zero-order valence-electron chi connectivity index (χ0n) is 13.6. The van der Waals surface area contributed by atoms with E-state index in [1.165, 1.54) is 31.4 Å². The number of halogens is 1. The predicted molar refractivity (Wildman–Crippen MR) is 90.9 cm³/mol. The van der Waals surface area contributed by atoms with Gasteiger partial charge in [-0.15, -0.1) is 0 Å². The Morgan fingerprint density at radius 1 is 1.27 bits per heavy atom. The standard InChI is InChI=1S/C17H15ClN2O6/c1-26-12-4-2-3-10(7-12)17(23)19-15(9-16(21)22)13-8-11(20(24)25)5-6-14(13)18/h2-8,15H,9H2,1H3,(H,19,23)(H,21,22)/p-1/t15-/m1/s1. The number of carbonyl (C=O) groups is 2. The lowest BCUT2D eigenvalue weighted by Crippen LogP contribution is -2.34. The third kappa shape index (κ3) is 4.70. The van der Waals surface area contributed by atoms with Crippen LogP contribution in [-0.4, -0.2) is 23.9 Å². The molecule has 0 unspecified atom stereocenters. The fourth-order valence-corrected chi connectivity index (χ4v) is 2.57. The quantitative estimate of drug-likeness (QED) is 0.580. The Labute approximate surface area is 153 Å². The highest BCUT2D eigenvalue weighted by molar-refractivity contribution is 6.31. The van der Waals surface area contributed by atoms with E-state index in [0.717, 1.165) is 6.07 Å². The smallest absolute Gasteiger partial charge is 0.269 e. The first-order valence-corrected chi connectivity index (χ1v) is 7.78. The van der Waals surface area contributed by atoms with E-state index in [4.69, 9.17) is 16.3 Å². The van der Waals surface area contributed by atoms with Crippen LogP contribution in [-0.2, 0) is 4.79 Å². The Bertz CT molecular complexity index is 855. The largest absolute Gasteiger partial charge is 0.550 e. The molecule has 2 aromatic rings. The normalized spacial score (nSPS) is 11.5. The summed E-state index contributed by atoms with van der Waals surface area (Å²) in [6.07, 6.45) is -0.601. The van der Waals surface area contributed by atoms with Crippen LogP contribution >= 0.6 is 11.6 Å². The van der Waals surface area contributed by atoms with Crippen molar-refractivity contribution in [2.24, 2.45) is 0 Å². The number of nitro benzene ring substituents is 1. The summed E-state index contributed by atoms with van der Waals surface area (Å²) < 4.78 is 5.04. The van der Waals surface area contributed by atoms with Crippen molar-refractivity contribution in [3.8, 4) is 5.75 Å². The van der Waals surface area contributed by atoms with E-state index in [9.17, 15) is 24.8 Å². The number of carbonyl (C=O) groups excluding carboxylic acids is 2. The molecule has 8 nitrogen and oxygen atoms in total. The second-order valence-corrected chi connectivity index (χ2v) is 5.70. The summed E-state index contributed by atoms with van der Waals surface area (Å²) in [7, 11) is 1.44. The average molecular weight is 378 g/mol. The van der Waals surface area contributed by atoms with E-state index in [1.807, 2.05) is 0 Å². The van der Waals surface area contributed by atoms with Gasteiger partial charge in [0.2, 0.25) is 0 Å². The molecule has 0 radical (unpaired) electrons. The number of nitro groups is 1. The van der Waals surface area contributed by atoms with Gasteiger partial charge in [0, 0.05) is 40.7 Å². The van der Waals surface area contributed by atoms with Crippen molar-refractivity contribution >= 4 is 29.2 Å². The van der Waals surface area contributed by atoms with Crippen molar-refractivity contribution in [3.05, 3.63) is 68.7 Å². The number of carboxylic acids is 1. The van der Waals surface area contributed by atoms with Crippen LogP contribution in [0, 0.1) is 10.1 Å². The summed E-state index contributed by atoms with van der Waals surface area (Å²) in [5.74, 6) is -1.58. The third-order valence-corrected chi connectivity index (χ3v) is 3.92. The first-order valence-electron chi connectivity index (χ1n) is 7.40. The molecule has 0 aliphatic heterocycles. The monoisotopic (exact) mass is 377 g/mol. The molecule has 136 valence electrons. The number of ether oxygens (including phenoxy) is 1. The molecule has 0 heterocycles. The fraction of sp³-hybridized carbons (Fsp3) is 0.176. The highest BCUT2D eigenvalue weighted by Gasteiger charge is 2.21. The van der Waals surface area contributed by atoms with E-state index >= 15 is 0 Å². The number of hydrogen-bond donors (Lipinski definition) is 1. The molecule has 1 amide bonds. The summed E-state index contributed by atoms with van der Waals surface area (Å²) in [4.78, 5) is 33.8. The fourth-order valence-electron chi connectivity index (χ4n) is 2.32. The minimum Gasteiger partial charge on any atom is -0.550 e. The minimum absolute atomic E-state index is 0.0905. The number of carboxylic acid groups (broad SMARTS) is 1. The Hall–Kier alpha value is -3.13. The summed E-state index contributed by atoms with van der Waals surface area (Å²) in [5.41, 5.74) is 0.0685. The molecule has 0 aliphatic carbocycles. The number of benzene rings is 2. The molecule has 0 bridgehead atoms. The summed E-state index contributed by atoms with van der Waals surface area (Å²) >= 11 is 6.05. The number of amides is 1. The van der Waals surface area contributed by atoms with Crippen molar-refractivity contribution in [1.29, 1.82) is 0 Å². The summed E-state index contributed by atoms with van der Waals surface area (Å²) in [5, 5.41) is 24.6. The van der Waals surface area contributed by atoms with E-state index in [2.05, 4.69) is 5.32 Å². The SMILES string of the molecule is COc1cccc(C(=O)N[C@H](CC(=O)[O-])c2cc([N+](=O)[O-])ccc2Cl)c1. The zero-order chi connectivity index (χ0) is 19.3. The molecule has 9 heteroatoms. The molecule has 0 aliphatic rings. The van der Waals surface area contributed by atoms with E-state index in [-0.39, 0.29) is 21.8 Å². The van der Waals surface area contributed by atoms with Gasteiger partial charge in [-0.1, -0.05) is 17.7 Å². The number of hydrogen-bond acceptors (Lipinski definition) is 6. The maximum atomic E-state index is 12.5. The van der Waals surface area contributed by atoms with Crippen molar-refractivity contribution in [2.75, 3.05) is 7.11 Å². The molecule has 0 saturated heterocycles. The molecule has 0 saturated carbocycles. The van der Waals surface area contributed by atoms with E-state index in [0.29, 0.717) is 5.75 Å². The maximum absolute atomic E-state index is 12.5. The summed E-state index contributed by atoms with van der Waals surface area (Å²) in [6.45, 7) is 0. The average Bonchev–Trinajstić information content (AvgIpc) is 2.61. The Morgan fingerprint density at radius 3 is 2.62 bits per heavy atom. The van der Waals surface area contributed by atoms with Gasteiger partial charge in [-0.3, -0.25) is 14.9 Å². The first-order chi connectivity index (χ1) is 12.3. The van der Waals surface area contributed by atoms with Crippen molar-refractivity contribution in [2.45, 2.75) is 12.5 Å². The number of nitrogens with zero attached hydrogens (tertiary/aromatic N) is 1. The second kappa shape index (κ2) is 8.30. The molecule has 0 spiro atoms. The van der Waals surface area contributed by atoms with Gasteiger partial charge >= 0.3 is 0 Å². The third-order valence-electron chi connectivity index (χ3n) is 3.57. The van der Waals surface area contributed by atoms with Gasteiger partial charge in [-0.05, 0) is 24.3 Å². The van der Waals surface area contributed by atoms with Gasteiger partial charge in [0.15, 0.2) is 0 Å². The van der Waals surface area contributed by atoms with Crippen LogP contribution in [0.3, 0.4) is 0 Å². The first kappa shape index (κ1) is 19.2. The van der Waals surface area contributed by atoms with Crippen LogP contribution in [0.15, 0.2) is 42.5 Å². The Balaban J connectivity index is 2.36. The van der Waals surface area contributed by atoms with Gasteiger partial charge in [-0.2, -0.15) is 0 Å². The molecule has 0 fully saturated rings. The lowest BCUT2D eigenvalue weighted by atomic mass is 10.0. The number of nitrogens with one attached hydrogen (secondary N) is 1. The zero-order valence-corrected chi connectivity index (χ0v) is 14.4. The second-order valence-electron chi connectivity index (χ2n) is 5.30. The highest BCUT2D eigenvalue weighted by atomic mass is 35.5. The van der Waals surface area contributed by atoms with E-state index < -0.39 is 29.3 Å². The number of methoxy groups -OCH3 is 1. The lowest BCUT2D eigenvalue weighted by molar-refractivity contribution is -0.385. The molecule has 0 aromatic heterocycles. The molecule has 2 aromatic carbocycles. The number of non-ortho nitro benzene ring substituents is 1.